The predicted molar refractivity (Wildman–Crippen MR) is 83.5 cm³/mol. The number of tetrazole rings is 1. The Balaban J connectivity index is 1.95. The van der Waals surface area contributed by atoms with Gasteiger partial charge in [-0.2, -0.15) is 0 Å². The van der Waals surface area contributed by atoms with Crippen LogP contribution < -0.4 is 5.73 Å². The van der Waals surface area contributed by atoms with E-state index in [1.54, 1.807) is 0 Å². The van der Waals surface area contributed by atoms with Gasteiger partial charge in [0.15, 0.2) is 5.82 Å². The Bertz CT molecular complexity index is 587. The quantitative estimate of drug-likeness (QED) is 0.878. The van der Waals surface area contributed by atoms with E-state index < -0.39 is 0 Å². The number of hydrogen-bond donors (Lipinski definition) is 1. The van der Waals surface area contributed by atoms with Crippen LogP contribution in [0.3, 0.4) is 0 Å². The van der Waals surface area contributed by atoms with Gasteiger partial charge < -0.3 is 5.73 Å². The first-order valence-corrected chi connectivity index (χ1v) is 7.80. The van der Waals surface area contributed by atoms with Crippen molar-refractivity contribution >= 4 is 5.69 Å². The van der Waals surface area contributed by atoms with Gasteiger partial charge in [-0.3, -0.25) is 0 Å². The minimum absolute atomic E-state index is 0.404. The fourth-order valence-corrected chi connectivity index (χ4v) is 3.46. The molecule has 2 N–H and O–H groups in total. The molecule has 5 nitrogen and oxygen atoms in total. The first kappa shape index (κ1) is 14.0. The van der Waals surface area contributed by atoms with Crippen molar-refractivity contribution in [1.82, 2.24) is 20.2 Å². The molecule has 0 spiro atoms. The van der Waals surface area contributed by atoms with Gasteiger partial charge in [0.2, 0.25) is 0 Å². The maximum Gasteiger partial charge on any atom is 0.182 e. The normalized spacial score (nSPS) is 22.6. The van der Waals surface area contributed by atoms with Crippen molar-refractivity contribution < 1.29 is 0 Å². The second kappa shape index (κ2) is 5.84. The molecule has 2 aromatic rings. The lowest BCUT2D eigenvalue weighted by Crippen LogP contribution is -2.28. The Morgan fingerprint density at radius 3 is 2.57 bits per heavy atom. The summed E-state index contributed by atoms with van der Waals surface area (Å²) < 4.78 is 2.04. The smallest absolute Gasteiger partial charge is 0.182 e. The van der Waals surface area contributed by atoms with Crippen LogP contribution in [0.1, 0.15) is 45.6 Å². The second-order valence-electron chi connectivity index (χ2n) is 6.33. The fourth-order valence-electron chi connectivity index (χ4n) is 3.46. The highest BCUT2D eigenvalue weighted by atomic mass is 15.5. The number of nitrogens with two attached hydrogens (primary N) is 1. The van der Waals surface area contributed by atoms with E-state index >= 15 is 0 Å². The van der Waals surface area contributed by atoms with Crippen LogP contribution >= 0.6 is 0 Å². The summed E-state index contributed by atoms with van der Waals surface area (Å²) in [5.41, 5.74) is 7.55. The van der Waals surface area contributed by atoms with Crippen LogP contribution in [-0.2, 0) is 0 Å². The Morgan fingerprint density at radius 2 is 1.86 bits per heavy atom. The SMILES string of the molecule is CC(C)C1CCCCC1n1nnnc1-c1ccc(N)cc1. The van der Waals surface area contributed by atoms with Crippen molar-refractivity contribution in [2.75, 3.05) is 5.73 Å². The van der Waals surface area contributed by atoms with Gasteiger partial charge in [0.25, 0.3) is 0 Å². The summed E-state index contributed by atoms with van der Waals surface area (Å²) in [5.74, 6) is 2.15. The topological polar surface area (TPSA) is 69.6 Å². The summed E-state index contributed by atoms with van der Waals surface area (Å²) in [6, 6.07) is 8.18. The molecule has 1 aromatic heterocycles. The molecular weight excluding hydrogens is 262 g/mol. The molecule has 3 rings (SSSR count). The zero-order chi connectivity index (χ0) is 14.8. The highest BCUT2D eigenvalue weighted by Gasteiger charge is 2.31. The van der Waals surface area contributed by atoms with Gasteiger partial charge in [-0.05, 0) is 59.4 Å². The fraction of sp³-hybridized carbons (Fsp3) is 0.562. The number of benzene rings is 1. The molecule has 0 amide bonds. The molecule has 0 bridgehead atoms. The number of anilines is 1. The van der Waals surface area contributed by atoms with Gasteiger partial charge in [-0.1, -0.05) is 26.7 Å². The van der Waals surface area contributed by atoms with E-state index in [1.807, 2.05) is 28.9 Å². The molecule has 5 heteroatoms. The number of nitrogen functional groups attached to an aromatic ring is 1. The van der Waals surface area contributed by atoms with E-state index in [1.165, 1.54) is 19.3 Å². The molecule has 1 aliphatic carbocycles. The van der Waals surface area contributed by atoms with Crippen LogP contribution in [0.5, 0.6) is 0 Å². The van der Waals surface area contributed by atoms with Crippen LogP contribution in [0.4, 0.5) is 5.69 Å². The third kappa shape index (κ3) is 2.77. The zero-order valence-corrected chi connectivity index (χ0v) is 12.7. The van der Waals surface area contributed by atoms with Gasteiger partial charge >= 0.3 is 0 Å². The van der Waals surface area contributed by atoms with Crippen LogP contribution in [0.25, 0.3) is 11.4 Å². The molecule has 0 radical (unpaired) electrons. The molecule has 1 fully saturated rings. The number of nitrogens with zero attached hydrogens (tertiary/aromatic N) is 4. The van der Waals surface area contributed by atoms with E-state index in [0.717, 1.165) is 23.5 Å². The van der Waals surface area contributed by atoms with Crippen molar-refractivity contribution in [3.63, 3.8) is 0 Å². The standard InChI is InChI=1S/C16H23N5/c1-11(2)14-5-3-4-6-15(14)21-16(18-19-20-21)12-7-9-13(17)10-8-12/h7-11,14-15H,3-6,17H2,1-2H3. The lowest BCUT2D eigenvalue weighted by atomic mass is 9.78. The second-order valence-corrected chi connectivity index (χ2v) is 6.33. The molecule has 0 aliphatic heterocycles. The van der Waals surface area contributed by atoms with Crippen molar-refractivity contribution in [3.05, 3.63) is 24.3 Å². The highest BCUT2D eigenvalue weighted by Crippen LogP contribution is 2.39. The van der Waals surface area contributed by atoms with Crippen molar-refractivity contribution in [1.29, 1.82) is 0 Å². The van der Waals surface area contributed by atoms with Crippen LogP contribution in [0.2, 0.25) is 0 Å². The van der Waals surface area contributed by atoms with Gasteiger partial charge in [0.05, 0.1) is 6.04 Å². The Labute approximate surface area is 125 Å². The monoisotopic (exact) mass is 285 g/mol. The third-order valence-corrected chi connectivity index (χ3v) is 4.61. The Kier molecular flexibility index (Phi) is 3.90. The molecule has 21 heavy (non-hydrogen) atoms. The molecular formula is C16H23N5. The van der Waals surface area contributed by atoms with Gasteiger partial charge in [0, 0.05) is 11.3 Å². The maximum atomic E-state index is 5.76. The minimum atomic E-state index is 0.404. The summed E-state index contributed by atoms with van der Waals surface area (Å²) in [6.45, 7) is 4.60. The van der Waals surface area contributed by atoms with Gasteiger partial charge in [-0.15, -0.1) is 5.10 Å². The summed E-state index contributed by atoms with van der Waals surface area (Å²) in [7, 11) is 0. The lowest BCUT2D eigenvalue weighted by molar-refractivity contribution is 0.172. The van der Waals surface area contributed by atoms with Crippen molar-refractivity contribution in [2.24, 2.45) is 11.8 Å². The Morgan fingerprint density at radius 1 is 1.14 bits per heavy atom. The van der Waals surface area contributed by atoms with E-state index in [2.05, 4.69) is 29.4 Å². The molecule has 112 valence electrons. The molecule has 0 saturated heterocycles. The number of hydrogen-bond acceptors (Lipinski definition) is 4. The number of aromatic nitrogens is 4. The molecule has 1 saturated carbocycles. The van der Waals surface area contributed by atoms with E-state index in [4.69, 9.17) is 5.73 Å². The average molecular weight is 285 g/mol. The summed E-state index contributed by atoms with van der Waals surface area (Å²) in [5, 5.41) is 12.5. The predicted octanol–water partition coefficient (Wildman–Crippen LogP) is 3.31. The zero-order valence-electron chi connectivity index (χ0n) is 12.7. The largest absolute Gasteiger partial charge is 0.399 e. The maximum absolute atomic E-state index is 5.76. The van der Waals surface area contributed by atoms with Gasteiger partial charge in [0.1, 0.15) is 0 Å². The van der Waals surface area contributed by atoms with Crippen LogP contribution in [0.15, 0.2) is 24.3 Å². The molecule has 1 aromatic carbocycles. The highest BCUT2D eigenvalue weighted by molar-refractivity contribution is 5.58. The van der Waals surface area contributed by atoms with Crippen molar-refractivity contribution in [2.45, 2.75) is 45.6 Å². The summed E-state index contributed by atoms with van der Waals surface area (Å²) >= 11 is 0. The summed E-state index contributed by atoms with van der Waals surface area (Å²) in [6.07, 6.45) is 5.01. The Hall–Kier alpha value is -1.91. The van der Waals surface area contributed by atoms with E-state index in [9.17, 15) is 0 Å². The lowest BCUT2D eigenvalue weighted by Gasteiger charge is -2.34. The first-order chi connectivity index (χ1) is 10.2. The molecule has 2 unspecified atom stereocenters. The molecule has 1 heterocycles. The summed E-state index contributed by atoms with van der Waals surface area (Å²) in [4.78, 5) is 0. The number of rotatable bonds is 3. The minimum Gasteiger partial charge on any atom is -0.399 e. The van der Waals surface area contributed by atoms with Crippen LogP contribution in [0, 0.1) is 11.8 Å². The third-order valence-electron chi connectivity index (χ3n) is 4.61. The average Bonchev–Trinajstić information content (AvgIpc) is 2.97. The van der Waals surface area contributed by atoms with E-state index in [0.29, 0.717) is 17.9 Å². The first-order valence-electron chi connectivity index (χ1n) is 7.80. The van der Waals surface area contributed by atoms with E-state index in [-0.39, 0.29) is 0 Å². The van der Waals surface area contributed by atoms with Crippen molar-refractivity contribution in [3.8, 4) is 11.4 Å². The van der Waals surface area contributed by atoms with Crippen LogP contribution in [-0.4, -0.2) is 20.2 Å². The van der Waals surface area contributed by atoms with Gasteiger partial charge in [-0.25, -0.2) is 4.68 Å². The molecule has 1 aliphatic rings. The molecule has 2 atom stereocenters.